The summed E-state index contributed by atoms with van der Waals surface area (Å²) in [7, 11) is 0. The highest BCUT2D eigenvalue weighted by Crippen LogP contribution is 2.36. The van der Waals surface area contributed by atoms with Gasteiger partial charge in [0, 0.05) is 11.3 Å². The Labute approximate surface area is 151 Å². The lowest BCUT2D eigenvalue weighted by atomic mass is 9.82. The Balaban J connectivity index is 1.93. The molecule has 3 rings (SSSR count). The molecule has 0 radical (unpaired) electrons. The molecule has 0 spiro atoms. The lowest BCUT2D eigenvalue weighted by molar-refractivity contribution is 0.483. The SMILES string of the molecule is C=C(C1=CCC(C)(C)C=C1)c1ccccc1N=C(C)c1ccccc1. The van der Waals surface area contributed by atoms with E-state index in [0.29, 0.717) is 0 Å². The monoisotopic (exact) mass is 327 g/mol. The zero-order valence-corrected chi connectivity index (χ0v) is 15.3. The zero-order chi connectivity index (χ0) is 17.9. The van der Waals surface area contributed by atoms with Crippen LogP contribution in [-0.4, -0.2) is 5.71 Å². The molecule has 0 fully saturated rings. The van der Waals surface area contributed by atoms with Gasteiger partial charge in [-0.05, 0) is 41.5 Å². The number of allylic oxidation sites excluding steroid dienone is 5. The highest BCUT2D eigenvalue weighted by Gasteiger charge is 2.18. The first-order chi connectivity index (χ1) is 12.0. The van der Waals surface area contributed by atoms with E-state index < -0.39 is 0 Å². The zero-order valence-electron chi connectivity index (χ0n) is 15.3. The van der Waals surface area contributed by atoms with Crippen molar-refractivity contribution in [2.75, 3.05) is 0 Å². The smallest absolute Gasteiger partial charge is 0.0711 e. The van der Waals surface area contributed by atoms with Crippen LogP contribution < -0.4 is 0 Å². The molecule has 126 valence electrons. The molecule has 0 N–H and O–H groups in total. The second-order valence-corrected chi connectivity index (χ2v) is 7.24. The Morgan fingerprint density at radius 3 is 2.36 bits per heavy atom. The van der Waals surface area contributed by atoms with Gasteiger partial charge in [-0.3, -0.25) is 4.99 Å². The topological polar surface area (TPSA) is 12.4 Å². The lowest BCUT2D eigenvalue weighted by Gasteiger charge is -2.23. The maximum Gasteiger partial charge on any atom is 0.0711 e. The summed E-state index contributed by atoms with van der Waals surface area (Å²) in [6.07, 6.45) is 7.78. The average molecular weight is 327 g/mol. The number of rotatable bonds is 4. The Bertz CT molecular complexity index is 864. The number of hydrogen-bond acceptors (Lipinski definition) is 1. The van der Waals surface area contributed by atoms with Gasteiger partial charge in [0.15, 0.2) is 0 Å². The standard InChI is InChI=1S/C24H25N/c1-18(20-14-16-24(3,4)17-15-20)22-12-8-9-13-23(22)25-19(2)21-10-6-5-7-11-21/h5-16H,1,17H2,2-4H3. The van der Waals surface area contributed by atoms with E-state index in [-0.39, 0.29) is 5.41 Å². The van der Waals surface area contributed by atoms with Crippen molar-refractivity contribution in [1.82, 2.24) is 0 Å². The van der Waals surface area contributed by atoms with Crippen molar-refractivity contribution in [2.45, 2.75) is 27.2 Å². The first kappa shape index (κ1) is 17.2. The molecular formula is C24H25N. The fourth-order valence-electron chi connectivity index (χ4n) is 2.95. The van der Waals surface area contributed by atoms with Crippen LogP contribution >= 0.6 is 0 Å². The normalized spacial score (nSPS) is 16.4. The minimum Gasteiger partial charge on any atom is -0.252 e. The van der Waals surface area contributed by atoms with Crippen molar-refractivity contribution in [2.24, 2.45) is 10.4 Å². The first-order valence-corrected chi connectivity index (χ1v) is 8.75. The summed E-state index contributed by atoms with van der Waals surface area (Å²) in [6.45, 7) is 10.9. The third kappa shape index (κ3) is 4.06. The summed E-state index contributed by atoms with van der Waals surface area (Å²) in [4.78, 5) is 4.88. The first-order valence-electron chi connectivity index (χ1n) is 8.75. The van der Waals surface area contributed by atoms with Crippen molar-refractivity contribution in [3.63, 3.8) is 0 Å². The lowest BCUT2D eigenvalue weighted by Crippen LogP contribution is -2.09. The van der Waals surface area contributed by atoms with Crippen LogP contribution in [0.2, 0.25) is 0 Å². The van der Waals surface area contributed by atoms with Crippen LogP contribution in [-0.2, 0) is 0 Å². The van der Waals surface area contributed by atoms with Gasteiger partial charge >= 0.3 is 0 Å². The quantitative estimate of drug-likeness (QED) is 0.550. The Kier molecular flexibility index (Phi) is 4.85. The molecule has 0 aliphatic heterocycles. The number of aliphatic imine (C=N–C) groups is 1. The molecule has 1 nitrogen and oxygen atoms in total. The molecule has 0 saturated carbocycles. The molecule has 0 heterocycles. The van der Waals surface area contributed by atoms with Crippen molar-refractivity contribution >= 4 is 17.0 Å². The van der Waals surface area contributed by atoms with E-state index in [9.17, 15) is 0 Å². The number of nitrogens with zero attached hydrogens (tertiary/aromatic N) is 1. The maximum absolute atomic E-state index is 4.88. The van der Waals surface area contributed by atoms with Crippen molar-refractivity contribution in [3.8, 4) is 0 Å². The van der Waals surface area contributed by atoms with E-state index in [1.165, 1.54) is 5.57 Å². The van der Waals surface area contributed by atoms with E-state index >= 15 is 0 Å². The average Bonchev–Trinajstić information content (AvgIpc) is 2.62. The number of para-hydroxylation sites is 1. The van der Waals surface area contributed by atoms with Crippen LogP contribution in [0.4, 0.5) is 5.69 Å². The molecule has 1 heteroatoms. The molecule has 1 aliphatic rings. The van der Waals surface area contributed by atoms with Gasteiger partial charge in [0.2, 0.25) is 0 Å². The molecule has 2 aromatic rings. The molecule has 0 atom stereocenters. The van der Waals surface area contributed by atoms with Gasteiger partial charge in [-0.2, -0.15) is 0 Å². The van der Waals surface area contributed by atoms with Gasteiger partial charge in [0.05, 0.1) is 5.69 Å². The molecule has 0 saturated heterocycles. The summed E-state index contributed by atoms with van der Waals surface area (Å²) in [6, 6.07) is 18.5. The fraction of sp³-hybridized carbons (Fsp3) is 0.208. The predicted octanol–water partition coefficient (Wildman–Crippen LogP) is 6.75. The highest BCUT2D eigenvalue weighted by molar-refractivity contribution is 6.01. The van der Waals surface area contributed by atoms with E-state index in [2.05, 4.69) is 75.9 Å². The van der Waals surface area contributed by atoms with Crippen molar-refractivity contribution in [3.05, 3.63) is 96.1 Å². The van der Waals surface area contributed by atoms with Crippen molar-refractivity contribution < 1.29 is 0 Å². The van der Waals surface area contributed by atoms with Crippen LogP contribution in [0, 0.1) is 5.41 Å². The summed E-state index contributed by atoms with van der Waals surface area (Å²) in [5, 5.41) is 0. The second-order valence-electron chi connectivity index (χ2n) is 7.24. The van der Waals surface area contributed by atoms with E-state index in [1.807, 2.05) is 24.3 Å². The molecule has 0 unspecified atom stereocenters. The third-order valence-corrected chi connectivity index (χ3v) is 4.62. The fourth-order valence-corrected chi connectivity index (χ4v) is 2.95. The summed E-state index contributed by atoms with van der Waals surface area (Å²) in [5.41, 5.74) is 6.66. The predicted molar refractivity (Wildman–Crippen MR) is 109 cm³/mol. The minimum absolute atomic E-state index is 0.228. The van der Waals surface area contributed by atoms with Gasteiger partial charge < -0.3 is 0 Å². The van der Waals surface area contributed by atoms with E-state index in [1.54, 1.807) is 0 Å². The second kappa shape index (κ2) is 7.06. The van der Waals surface area contributed by atoms with Crippen LogP contribution in [0.5, 0.6) is 0 Å². The Morgan fingerprint density at radius 1 is 1.00 bits per heavy atom. The third-order valence-electron chi connectivity index (χ3n) is 4.62. The molecule has 0 bridgehead atoms. The molecule has 0 aromatic heterocycles. The summed E-state index contributed by atoms with van der Waals surface area (Å²) >= 11 is 0. The largest absolute Gasteiger partial charge is 0.252 e. The summed E-state index contributed by atoms with van der Waals surface area (Å²) in [5.74, 6) is 0. The Morgan fingerprint density at radius 2 is 1.68 bits per heavy atom. The molecule has 1 aliphatic carbocycles. The number of hydrogen-bond donors (Lipinski definition) is 0. The summed E-state index contributed by atoms with van der Waals surface area (Å²) < 4.78 is 0. The van der Waals surface area contributed by atoms with Crippen LogP contribution in [0.3, 0.4) is 0 Å². The van der Waals surface area contributed by atoms with Crippen LogP contribution in [0.1, 0.15) is 38.3 Å². The Hall–Kier alpha value is -2.67. The van der Waals surface area contributed by atoms with Gasteiger partial charge in [0.25, 0.3) is 0 Å². The molecule has 2 aromatic carbocycles. The molecule has 25 heavy (non-hydrogen) atoms. The maximum atomic E-state index is 4.88. The van der Waals surface area contributed by atoms with Crippen molar-refractivity contribution in [1.29, 1.82) is 0 Å². The van der Waals surface area contributed by atoms with Gasteiger partial charge in [0.1, 0.15) is 0 Å². The highest BCUT2D eigenvalue weighted by atomic mass is 14.7. The van der Waals surface area contributed by atoms with E-state index in [0.717, 1.165) is 34.5 Å². The van der Waals surface area contributed by atoms with Gasteiger partial charge in [-0.15, -0.1) is 0 Å². The molecular weight excluding hydrogens is 302 g/mol. The minimum atomic E-state index is 0.228. The molecule has 0 amide bonds. The van der Waals surface area contributed by atoms with Crippen LogP contribution in [0.25, 0.3) is 5.57 Å². The van der Waals surface area contributed by atoms with Gasteiger partial charge in [-0.1, -0.05) is 87.2 Å². The van der Waals surface area contributed by atoms with Crippen LogP contribution in [0.15, 0.2) is 90.0 Å². The number of benzene rings is 2. The van der Waals surface area contributed by atoms with Gasteiger partial charge in [-0.25, -0.2) is 0 Å². The van der Waals surface area contributed by atoms with E-state index in [4.69, 9.17) is 4.99 Å².